The van der Waals surface area contributed by atoms with Crippen LogP contribution in [0.5, 0.6) is 0 Å². The second-order valence-corrected chi connectivity index (χ2v) is 17.6. The van der Waals surface area contributed by atoms with Crippen molar-refractivity contribution < 1.29 is 0 Å². The van der Waals surface area contributed by atoms with Gasteiger partial charge in [0.25, 0.3) is 0 Å². The van der Waals surface area contributed by atoms with Gasteiger partial charge in [0.15, 0.2) is 0 Å². The Morgan fingerprint density at radius 2 is 0.844 bits per heavy atom. The van der Waals surface area contributed by atoms with Gasteiger partial charge in [-0.25, -0.2) is 0 Å². The summed E-state index contributed by atoms with van der Waals surface area (Å²) in [6.45, 7) is 7.11. The van der Waals surface area contributed by atoms with Crippen molar-refractivity contribution in [3.63, 3.8) is 0 Å². The van der Waals surface area contributed by atoms with Crippen molar-refractivity contribution in [1.82, 2.24) is 0 Å². The number of rotatable bonds is 10. The molecule has 11 rings (SSSR count). The van der Waals surface area contributed by atoms with Gasteiger partial charge in [-0.1, -0.05) is 167 Å². The molecule has 0 saturated carbocycles. The SMILES string of the molecule is CCCc1ccc(-c2cc(N(c3ccccc3)c3ccccc3)cc3c2-c2cc4ccc5cc(N(c6ccccc6)c6ccccc6)cc(-c6ccccc6)c5c4cc2C3(C)C)cc1. The molecular weight excluding hydrogens is 773 g/mol. The van der Waals surface area contributed by atoms with E-state index in [4.69, 9.17) is 0 Å². The number of benzene rings is 10. The molecule has 0 heterocycles. The molecule has 0 fully saturated rings. The maximum Gasteiger partial charge on any atom is 0.0474 e. The lowest BCUT2D eigenvalue weighted by atomic mass is 9.80. The van der Waals surface area contributed by atoms with E-state index in [-0.39, 0.29) is 5.41 Å². The quantitative estimate of drug-likeness (QED) is 0.127. The minimum atomic E-state index is -0.294. The second kappa shape index (κ2) is 16.2. The molecule has 0 atom stereocenters. The number of para-hydroxylation sites is 4. The van der Waals surface area contributed by atoms with Crippen LogP contribution in [0.1, 0.15) is 43.9 Å². The Labute approximate surface area is 377 Å². The Hall–Kier alpha value is -7.68. The van der Waals surface area contributed by atoms with Crippen LogP contribution in [0, 0.1) is 0 Å². The summed E-state index contributed by atoms with van der Waals surface area (Å²) in [6, 6.07) is 82.7. The summed E-state index contributed by atoms with van der Waals surface area (Å²) in [7, 11) is 0. The van der Waals surface area contributed by atoms with Gasteiger partial charge in [0, 0.05) is 39.5 Å². The van der Waals surface area contributed by atoms with Crippen LogP contribution < -0.4 is 9.80 Å². The molecule has 0 saturated heterocycles. The first-order chi connectivity index (χ1) is 31.5. The van der Waals surface area contributed by atoms with Crippen molar-refractivity contribution in [3.8, 4) is 33.4 Å². The highest BCUT2D eigenvalue weighted by atomic mass is 15.1. The summed E-state index contributed by atoms with van der Waals surface area (Å²) in [5, 5.41) is 5.00. The standard InChI is InChI=1S/C62H50N2/c1-4-20-43-31-33-45(34-32-43)55-40-53(64(50-27-16-8-17-28-50)51-29-18-9-19-30-51)41-59-61(55)57-38-46-35-36-47-37-52(63(48-23-12-6-13-24-48)49-25-14-7-15-26-49)39-54(44-21-10-5-11-22-44)60(47)56(46)42-58(57)62(59,2)3/h5-19,21-42H,4,20H2,1-3H3. The van der Waals surface area contributed by atoms with Crippen LogP contribution in [0.25, 0.3) is 54.9 Å². The molecule has 0 N–H and O–H groups in total. The summed E-state index contributed by atoms with van der Waals surface area (Å²) in [4.78, 5) is 4.79. The Bertz CT molecular complexity index is 3190. The van der Waals surface area contributed by atoms with Gasteiger partial charge < -0.3 is 9.80 Å². The number of hydrogen-bond donors (Lipinski definition) is 0. The van der Waals surface area contributed by atoms with Gasteiger partial charge in [-0.05, 0) is 163 Å². The highest BCUT2D eigenvalue weighted by Gasteiger charge is 2.39. The predicted molar refractivity (Wildman–Crippen MR) is 273 cm³/mol. The summed E-state index contributed by atoms with van der Waals surface area (Å²) >= 11 is 0. The zero-order chi connectivity index (χ0) is 43.2. The first kappa shape index (κ1) is 39.2. The van der Waals surface area contributed by atoms with Gasteiger partial charge in [0.2, 0.25) is 0 Å². The molecule has 1 aliphatic rings. The van der Waals surface area contributed by atoms with E-state index in [0.29, 0.717) is 0 Å². The normalized spacial score (nSPS) is 12.5. The van der Waals surface area contributed by atoms with Gasteiger partial charge in [0.1, 0.15) is 0 Å². The van der Waals surface area contributed by atoms with Crippen LogP contribution in [0.2, 0.25) is 0 Å². The fourth-order valence-electron chi connectivity index (χ4n) is 10.2. The van der Waals surface area contributed by atoms with Crippen LogP contribution in [0.15, 0.2) is 224 Å². The first-order valence-corrected chi connectivity index (χ1v) is 22.7. The smallest absolute Gasteiger partial charge is 0.0474 e. The van der Waals surface area contributed by atoms with Crippen molar-refractivity contribution in [1.29, 1.82) is 0 Å². The molecule has 0 aliphatic heterocycles. The molecule has 0 amide bonds. The Morgan fingerprint density at radius 3 is 1.38 bits per heavy atom. The molecule has 1 aliphatic carbocycles. The number of fused-ring (bicyclic) bond motifs is 6. The third-order valence-corrected chi connectivity index (χ3v) is 13.3. The minimum absolute atomic E-state index is 0.294. The maximum absolute atomic E-state index is 2.53. The lowest BCUT2D eigenvalue weighted by Crippen LogP contribution is -2.17. The highest BCUT2D eigenvalue weighted by Crippen LogP contribution is 2.56. The molecule has 2 heteroatoms. The zero-order valence-electron chi connectivity index (χ0n) is 36.7. The van der Waals surface area contributed by atoms with E-state index in [1.54, 1.807) is 0 Å². The van der Waals surface area contributed by atoms with E-state index in [1.807, 2.05) is 0 Å². The summed E-state index contributed by atoms with van der Waals surface area (Å²) in [6.07, 6.45) is 2.20. The Morgan fingerprint density at radius 1 is 0.375 bits per heavy atom. The van der Waals surface area contributed by atoms with Crippen LogP contribution in [0.4, 0.5) is 34.1 Å². The average Bonchev–Trinajstić information content (AvgIpc) is 3.57. The highest BCUT2D eigenvalue weighted by molar-refractivity contribution is 6.17. The fourth-order valence-corrected chi connectivity index (χ4v) is 10.2. The third-order valence-electron chi connectivity index (χ3n) is 13.3. The average molecular weight is 823 g/mol. The van der Waals surface area contributed by atoms with E-state index in [0.717, 1.165) is 47.0 Å². The monoisotopic (exact) mass is 822 g/mol. The molecule has 0 spiro atoms. The first-order valence-electron chi connectivity index (χ1n) is 22.7. The van der Waals surface area contributed by atoms with E-state index >= 15 is 0 Å². The van der Waals surface area contributed by atoms with Gasteiger partial charge in [-0.2, -0.15) is 0 Å². The molecule has 0 unspecified atom stereocenters. The molecule has 0 radical (unpaired) electrons. The maximum atomic E-state index is 2.53. The zero-order valence-corrected chi connectivity index (χ0v) is 36.7. The summed E-state index contributed by atoms with van der Waals surface area (Å²) in [5.74, 6) is 0. The second-order valence-electron chi connectivity index (χ2n) is 17.6. The number of anilines is 6. The van der Waals surface area contributed by atoms with Crippen LogP contribution in [-0.2, 0) is 11.8 Å². The molecule has 10 aromatic carbocycles. The molecule has 64 heavy (non-hydrogen) atoms. The number of nitrogens with zero attached hydrogens (tertiary/aromatic N) is 2. The summed E-state index contributed by atoms with van der Waals surface area (Å²) in [5.41, 5.74) is 18.1. The van der Waals surface area contributed by atoms with Crippen molar-refractivity contribution in [2.45, 2.75) is 39.0 Å². The van der Waals surface area contributed by atoms with Crippen molar-refractivity contribution >= 4 is 55.7 Å². The molecule has 0 aromatic heterocycles. The van der Waals surface area contributed by atoms with Crippen LogP contribution in [-0.4, -0.2) is 0 Å². The number of hydrogen-bond acceptors (Lipinski definition) is 2. The Kier molecular flexibility index (Phi) is 9.93. The van der Waals surface area contributed by atoms with E-state index in [2.05, 4.69) is 255 Å². The third kappa shape index (κ3) is 6.83. The molecular formula is C62H50N2. The van der Waals surface area contributed by atoms with Gasteiger partial charge in [-0.3, -0.25) is 0 Å². The Balaban J connectivity index is 1.16. The molecule has 308 valence electrons. The largest absolute Gasteiger partial charge is 0.310 e. The van der Waals surface area contributed by atoms with E-state index in [9.17, 15) is 0 Å². The lowest BCUT2D eigenvalue weighted by molar-refractivity contribution is 0.661. The topological polar surface area (TPSA) is 6.48 Å². The number of aryl methyl sites for hydroxylation is 1. The van der Waals surface area contributed by atoms with Crippen molar-refractivity contribution in [2.75, 3.05) is 9.80 Å². The molecule has 2 nitrogen and oxygen atoms in total. The summed E-state index contributed by atoms with van der Waals surface area (Å²) < 4.78 is 0. The minimum Gasteiger partial charge on any atom is -0.310 e. The van der Waals surface area contributed by atoms with Crippen molar-refractivity contribution in [2.24, 2.45) is 0 Å². The van der Waals surface area contributed by atoms with E-state index < -0.39 is 0 Å². The van der Waals surface area contributed by atoms with Crippen molar-refractivity contribution in [3.05, 3.63) is 241 Å². The van der Waals surface area contributed by atoms with E-state index in [1.165, 1.54) is 71.6 Å². The van der Waals surface area contributed by atoms with Crippen LogP contribution >= 0.6 is 0 Å². The van der Waals surface area contributed by atoms with Gasteiger partial charge >= 0.3 is 0 Å². The predicted octanol–water partition coefficient (Wildman–Crippen LogP) is 17.5. The van der Waals surface area contributed by atoms with Crippen LogP contribution in [0.3, 0.4) is 0 Å². The lowest BCUT2D eigenvalue weighted by Gasteiger charge is -2.29. The fraction of sp³-hybridized carbons (Fsp3) is 0.0968. The van der Waals surface area contributed by atoms with Gasteiger partial charge in [0.05, 0.1) is 0 Å². The van der Waals surface area contributed by atoms with Gasteiger partial charge in [-0.15, -0.1) is 0 Å². The molecule has 0 bridgehead atoms. The molecule has 10 aromatic rings.